The molecule has 0 amide bonds. The van der Waals surface area contributed by atoms with Gasteiger partial charge < -0.3 is 5.32 Å². The van der Waals surface area contributed by atoms with Crippen LogP contribution in [0.2, 0.25) is 0 Å². The molecule has 0 spiro atoms. The fraction of sp³-hybridized carbons (Fsp3) is 0.368. The number of hydrogen-bond donors (Lipinski definition) is 1. The van der Waals surface area contributed by atoms with Gasteiger partial charge in [0.2, 0.25) is 0 Å². The molecule has 0 aliphatic carbocycles. The second-order valence-electron chi connectivity index (χ2n) is 5.78. The summed E-state index contributed by atoms with van der Waals surface area (Å²) in [6.07, 6.45) is 1.09. The summed E-state index contributed by atoms with van der Waals surface area (Å²) in [4.78, 5) is 2.38. The van der Waals surface area contributed by atoms with Gasteiger partial charge >= 0.3 is 0 Å². The third-order valence-electron chi connectivity index (χ3n) is 3.78. The van der Waals surface area contributed by atoms with Gasteiger partial charge in [0, 0.05) is 13.1 Å². The van der Waals surface area contributed by atoms with Crippen molar-refractivity contribution in [2.24, 2.45) is 0 Å². The first kappa shape index (κ1) is 15.7. The Morgan fingerprint density at radius 3 is 2.24 bits per heavy atom. The molecule has 0 saturated carbocycles. The van der Waals surface area contributed by atoms with Crippen LogP contribution in [-0.4, -0.2) is 25.5 Å². The molecule has 2 nitrogen and oxygen atoms in total. The molecule has 0 aliphatic heterocycles. The van der Waals surface area contributed by atoms with Gasteiger partial charge in [-0.3, -0.25) is 4.90 Å². The predicted octanol–water partition coefficient (Wildman–Crippen LogP) is 3.39. The van der Waals surface area contributed by atoms with E-state index in [-0.39, 0.29) is 0 Å². The minimum atomic E-state index is 0.987. The van der Waals surface area contributed by atoms with Crippen molar-refractivity contribution in [1.29, 1.82) is 0 Å². The van der Waals surface area contributed by atoms with Crippen LogP contribution in [0.4, 0.5) is 0 Å². The van der Waals surface area contributed by atoms with Crippen molar-refractivity contribution < 1.29 is 0 Å². The largest absolute Gasteiger partial charge is 0.319 e. The average molecular weight is 282 g/mol. The molecule has 0 radical (unpaired) electrons. The molecule has 2 aromatic carbocycles. The molecule has 0 bridgehead atoms. The topological polar surface area (TPSA) is 15.3 Å². The Hall–Kier alpha value is -1.64. The monoisotopic (exact) mass is 282 g/mol. The summed E-state index contributed by atoms with van der Waals surface area (Å²) in [6, 6.07) is 17.6. The molecular weight excluding hydrogens is 256 g/mol. The lowest BCUT2D eigenvalue weighted by Crippen LogP contribution is -2.19. The van der Waals surface area contributed by atoms with E-state index < -0.39 is 0 Å². The average Bonchev–Trinajstić information content (AvgIpc) is 2.49. The van der Waals surface area contributed by atoms with Gasteiger partial charge in [-0.05, 0) is 50.7 Å². The molecule has 0 atom stereocenters. The minimum absolute atomic E-state index is 0.987. The molecule has 2 heteroatoms. The van der Waals surface area contributed by atoms with Crippen LogP contribution in [-0.2, 0) is 19.5 Å². The second-order valence-corrected chi connectivity index (χ2v) is 5.78. The molecule has 0 aromatic heterocycles. The van der Waals surface area contributed by atoms with Gasteiger partial charge in [-0.1, -0.05) is 54.1 Å². The van der Waals surface area contributed by atoms with Crippen LogP contribution in [0.1, 0.15) is 22.3 Å². The van der Waals surface area contributed by atoms with E-state index in [4.69, 9.17) is 0 Å². The first-order chi connectivity index (χ1) is 10.2. The standard InChI is InChI=1S/C19H26N2/c1-16-8-10-17(11-9-16)14-21(3)15-19-7-5-4-6-18(19)12-13-20-2/h4-11,20H,12-15H2,1-3H3. The zero-order valence-electron chi connectivity index (χ0n) is 13.4. The van der Waals surface area contributed by atoms with Crippen molar-refractivity contribution in [1.82, 2.24) is 10.2 Å². The van der Waals surface area contributed by atoms with Crippen LogP contribution < -0.4 is 5.32 Å². The molecule has 0 saturated heterocycles. The molecule has 0 fully saturated rings. The van der Waals surface area contributed by atoms with Crippen LogP contribution >= 0.6 is 0 Å². The Morgan fingerprint density at radius 2 is 1.57 bits per heavy atom. The highest BCUT2D eigenvalue weighted by Gasteiger charge is 2.06. The molecule has 0 unspecified atom stereocenters. The van der Waals surface area contributed by atoms with Crippen LogP contribution in [0.3, 0.4) is 0 Å². The third-order valence-corrected chi connectivity index (χ3v) is 3.78. The van der Waals surface area contributed by atoms with Crippen LogP contribution in [0.5, 0.6) is 0 Å². The van der Waals surface area contributed by atoms with Gasteiger partial charge in [-0.25, -0.2) is 0 Å². The number of nitrogens with zero attached hydrogens (tertiary/aromatic N) is 1. The number of aryl methyl sites for hydroxylation is 1. The lowest BCUT2D eigenvalue weighted by Gasteiger charge is -2.19. The number of nitrogens with one attached hydrogen (secondary N) is 1. The van der Waals surface area contributed by atoms with E-state index in [1.54, 1.807) is 0 Å². The molecule has 21 heavy (non-hydrogen) atoms. The molecule has 2 aromatic rings. The number of rotatable bonds is 7. The first-order valence-electron chi connectivity index (χ1n) is 7.64. The van der Waals surface area contributed by atoms with E-state index in [2.05, 4.69) is 72.7 Å². The fourth-order valence-electron chi connectivity index (χ4n) is 2.57. The smallest absolute Gasteiger partial charge is 0.0236 e. The summed E-state index contributed by atoms with van der Waals surface area (Å²) in [6.45, 7) is 5.14. The molecule has 0 aliphatic rings. The molecular formula is C19H26N2. The second kappa shape index (κ2) is 7.96. The molecule has 1 N–H and O–H groups in total. The Kier molecular flexibility index (Phi) is 5.97. The highest BCUT2D eigenvalue weighted by atomic mass is 15.1. The highest BCUT2D eigenvalue weighted by Crippen LogP contribution is 2.14. The quantitative estimate of drug-likeness (QED) is 0.837. The Labute approximate surface area is 128 Å². The van der Waals surface area contributed by atoms with E-state index >= 15 is 0 Å². The van der Waals surface area contributed by atoms with Crippen molar-refractivity contribution in [3.05, 3.63) is 70.8 Å². The Morgan fingerprint density at radius 1 is 0.905 bits per heavy atom. The summed E-state index contributed by atoms with van der Waals surface area (Å²) in [5.74, 6) is 0. The summed E-state index contributed by atoms with van der Waals surface area (Å²) in [7, 11) is 4.20. The van der Waals surface area contributed by atoms with E-state index in [0.717, 1.165) is 26.1 Å². The van der Waals surface area contributed by atoms with Gasteiger partial charge in [-0.15, -0.1) is 0 Å². The van der Waals surface area contributed by atoms with Gasteiger partial charge in [-0.2, -0.15) is 0 Å². The predicted molar refractivity (Wildman–Crippen MR) is 90.4 cm³/mol. The van der Waals surface area contributed by atoms with E-state index in [9.17, 15) is 0 Å². The fourth-order valence-corrected chi connectivity index (χ4v) is 2.57. The number of benzene rings is 2. The lowest BCUT2D eigenvalue weighted by molar-refractivity contribution is 0.318. The zero-order valence-corrected chi connectivity index (χ0v) is 13.4. The van der Waals surface area contributed by atoms with Gasteiger partial charge in [0.25, 0.3) is 0 Å². The van der Waals surface area contributed by atoms with Crippen molar-refractivity contribution in [2.75, 3.05) is 20.6 Å². The van der Waals surface area contributed by atoms with Gasteiger partial charge in [0.05, 0.1) is 0 Å². The minimum Gasteiger partial charge on any atom is -0.319 e. The summed E-state index contributed by atoms with van der Waals surface area (Å²) in [5, 5.41) is 3.23. The Balaban J connectivity index is 1.98. The van der Waals surface area contributed by atoms with E-state index in [0.29, 0.717) is 0 Å². The van der Waals surface area contributed by atoms with E-state index in [1.165, 1.54) is 22.3 Å². The summed E-state index contributed by atoms with van der Waals surface area (Å²) < 4.78 is 0. The molecule has 2 rings (SSSR count). The van der Waals surface area contributed by atoms with Crippen molar-refractivity contribution in [3.8, 4) is 0 Å². The SMILES string of the molecule is CNCCc1ccccc1CN(C)Cc1ccc(C)cc1. The van der Waals surface area contributed by atoms with Crippen molar-refractivity contribution in [2.45, 2.75) is 26.4 Å². The zero-order chi connectivity index (χ0) is 15.1. The van der Waals surface area contributed by atoms with Crippen molar-refractivity contribution >= 4 is 0 Å². The summed E-state index contributed by atoms with van der Waals surface area (Å²) in [5.41, 5.74) is 5.57. The molecule has 112 valence electrons. The summed E-state index contributed by atoms with van der Waals surface area (Å²) >= 11 is 0. The maximum Gasteiger partial charge on any atom is 0.0236 e. The van der Waals surface area contributed by atoms with Crippen LogP contribution in [0.15, 0.2) is 48.5 Å². The van der Waals surface area contributed by atoms with E-state index in [1.807, 2.05) is 7.05 Å². The van der Waals surface area contributed by atoms with Crippen LogP contribution in [0.25, 0.3) is 0 Å². The maximum absolute atomic E-state index is 3.23. The van der Waals surface area contributed by atoms with Crippen LogP contribution in [0, 0.1) is 6.92 Å². The normalized spacial score (nSPS) is 11.0. The Bertz CT molecular complexity index is 546. The first-order valence-corrected chi connectivity index (χ1v) is 7.64. The number of likely N-dealkylation sites (N-methyl/N-ethyl adjacent to an activating group) is 1. The maximum atomic E-state index is 3.23. The molecule has 0 heterocycles. The van der Waals surface area contributed by atoms with Gasteiger partial charge in [0.15, 0.2) is 0 Å². The highest BCUT2D eigenvalue weighted by molar-refractivity contribution is 5.27. The van der Waals surface area contributed by atoms with Gasteiger partial charge in [0.1, 0.15) is 0 Å². The number of hydrogen-bond acceptors (Lipinski definition) is 2. The lowest BCUT2D eigenvalue weighted by atomic mass is 10.0. The third kappa shape index (κ3) is 5.00. The van der Waals surface area contributed by atoms with Crippen molar-refractivity contribution in [3.63, 3.8) is 0 Å².